The molecule has 0 fully saturated rings. The van der Waals surface area contributed by atoms with Gasteiger partial charge >= 0.3 is 21.1 Å². The Morgan fingerprint density at radius 3 is 2.25 bits per heavy atom. The number of anilines is 4. The second-order valence-electron chi connectivity index (χ2n) is 15.2. The van der Waals surface area contributed by atoms with E-state index in [1.165, 1.54) is 5.56 Å². The van der Waals surface area contributed by atoms with Crippen LogP contribution in [0.5, 0.6) is 11.5 Å². The molecule has 2 aromatic heterocycles. The largest absolute Gasteiger partial charge is 2.00 e. The van der Waals surface area contributed by atoms with Crippen molar-refractivity contribution in [2.75, 3.05) is 22.9 Å². The molecule has 0 aliphatic carbocycles. The van der Waals surface area contributed by atoms with Gasteiger partial charge in [-0.3, -0.25) is 4.85 Å². The van der Waals surface area contributed by atoms with Crippen LogP contribution in [0.3, 0.4) is 0 Å². The number of aromatic nitrogens is 2. The number of nitrogens with zero attached hydrogens (tertiary/aromatic N) is 5. The molecule has 3 aromatic carbocycles. The van der Waals surface area contributed by atoms with E-state index < -0.39 is 16.9 Å². The van der Waals surface area contributed by atoms with E-state index in [0.717, 1.165) is 59.6 Å². The van der Waals surface area contributed by atoms with Crippen molar-refractivity contribution in [3.05, 3.63) is 124 Å². The maximum Gasteiger partial charge on any atom is 2.00 e. The summed E-state index contributed by atoms with van der Waals surface area (Å²) in [6.07, 6.45) is 6.90. The van der Waals surface area contributed by atoms with Crippen molar-refractivity contribution in [3.8, 4) is 22.6 Å². The number of rotatable bonds is 5. The molecule has 7 rings (SSSR count). The normalized spacial score (nSPS) is 15.6. The van der Waals surface area contributed by atoms with Crippen LogP contribution in [-0.4, -0.2) is 23.1 Å². The number of fused-ring (bicyclic) bond motifs is 2. The van der Waals surface area contributed by atoms with Crippen molar-refractivity contribution in [1.82, 2.24) is 9.97 Å². The SMILES string of the molecule is [2H]c1c([2H])c([2H])c(-c2cnc(N3CCCc4c3[c-]c(Oc3[c-]c5c(cc3)CCCN5c3cc(C)ccn3)cc4[N+]#[C-])c(C(C)(C)C)c2C(C)(C)C)c([2H])c1[2H].[Pt+2]. The molecule has 0 saturated heterocycles. The quantitative estimate of drug-likeness (QED) is 0.165. The number of hydrogen-bond donors (Lipinski definition) is 0. The molecule has 0 unspecified atom stereocenters. The Morgan fingerprint density at radius 1 is 0.843 bits per heavy atom. The molecule has 2 aliphatic rings. The van der Waals surface area contributed by atoms with Gasteiger partial charge in [0.15, 0.2) is 0 Å². The fourth-order valence-corrected chi connectivity index (χ4v) is 7.25. The number of hydrogen-bond acceptors (Lipinski definition) is 5. The van der Waals surface area contributed by atoms with E-state index in [2.05, 4.69) is 92.4 Å². The van der Waals surface area contributed by atoms with E-state index in [4.69, 9.17) is 23.1 Å². The third kappa shape index (κ3) is 7.19. The zero-order valence-electron chi connectivity index (χ0n) is 35.2. The van der Waals surface area contributed by atoms with Gasteiger partial charge in [-0.2, -0.15) is 6.07 Å². The van der Waals surface area contributed by atoms with Gasteiger partial charge in [0.05, 0.1) is 19.1 Å². The number of aryl methyl sites for hydroxylation is 2. The summed E-state index contributed by atoms with van der Waals surface area (Å²) in [4.78, 5) is 18.0. The van der Waals surface area contributed by atoms with Crippen LogP contribution in [0.15, 0.2) is 72.9 Å². The minimum absolute atomic E-state index is 0. The molecule has 0 saturated carbocycles. The first-order valence-electron chi connectivity index (χ1n) is 19.8. The van der Waals surface area contributed by atoms with Gasteiger partial charge in [0, 0.05) is 48.1 Å². The Hall–Kier alpha value is -4.46. The van der Waals surface area contributed by atoms with Gasteiger partial charge in [-0.05, 0) is 59.4 Å². The number of benzene rings is 3. The second kappa shape index (κ2) is 14.3. The number of ether oxygens (including phenoxy) is 1. The van der Waals surface area contributed by atoms with E-state index in [0.29, 0.717) is 47.2 Å². The van der Waals surface area contributed by atoms with Gasteiger partial charge in [-0.25, -0.2) is 9.97 Å². The summed E-state index contributed by atoms with van der Waals surface area (Å²) in [5, 5.41) is 0. The zero-order valence-corrected chi connectivity index (χ0v) is 32.5. The van der Waals surface area contributed by atoms with Gasteiger partial charge in [-0.15, -0.1) is 35.4 Å². The van der Waals surface area contributed by atoms with Crippen molar-refractivity contribution in [3.63, 3.8) is 0 Å². The van der Waals surface area contributed by atoms with Crippen molar-refractivity contribution in [2.45, 2.75) is 85.0 Å². The number of pyridine rings is 2. The third-order valence-electron chi connectivity index (χ3n) is 9.36. The average molecular weight is 860 g/mol. The van der Waals surface area contributed by atoms with Crippen LogP contribution in [0.4, 0.5) is 28.7 Å². The maximum absolute atomic E-state index is 8.86. The molecule has 6 nitrogen and oxygen atoms in total. The second-order valence-corrected chi connectivity index (χ2v) is 15.2. The van der Waals surface area contributed by atoms with E-state index in [1.807, 2.05) is 18.3 Å². The van der Waals surface area contributed by atoms with Gasteiger partial charge in [0.25, 0.3) is 0 Å². The molecule has 0 atom stereocenters. The van der Waals surface area contributed by atoms with Crippen molar-refractivity contribution in [2.24, 2.45) is 0 Å². The fourth-order valence-electron chi connectivity index (χ4n) is 7.25. The molecule has 0 bridgehead atoms. The summed E-state index contributed by atoms with van der Waals surface area (Å²) in [7, 11) is 0. The predicted octanol–water partition coefficient (Wildman–Crippen LogP) is 11.2. The van der Waals surface area contributed by atoms with Crippen LogP contribution in [0.25, 0.3) is 16.0 Å². The molecule has 0 amide bonds. The van der Waals surface area contributed by atoms with Crippen molar-refractivity contribution >= 4 is 28.7 Å². The Morgan fingerprint density at radius 2 is 1.55 bits per heavy atom. The summed E-state index contributed by atoms with van der Waals surface area (Å²) in [6, 6.07) is 15.1. The maximum atomic E-state index is 8.86. The van der Waals surface area contributed by atoms with Gasteiger partial charge < -0.3 is 14.5 Å². The minimum atomic E-state index is -0.516. The molecular formula is C44H45N5OPt. The summed E-state index contributed by atoms with van der Waals surface area (Å²) >= 11 is 0. The first kappa shape index (κ1) is 30.2. The summed E-state index contributed by atoms with van der Waals surface area (Å²) in [6.45, 7) is 24.2. The van der Waals surface area contributed by atoms with Crippen molar-refractivity contribution < 1.29 is 32.7 Å². The Balaban J connectivity index is 0.00000532. The van der Waals surface area contributed by atoms with Crippen LogP contribution in [0.1, 0.15) is 89.1 Å². The topological polar surface area (TPSA) is 45.9 Å². The fraction of sp³-hybridized carbons (Fsp3) is 0.341. The minimum Gasteiger partial charge on any atom is -0.510 e. The Bertz CT molecular complexity index is 2370. The molecule has 7 heteroatoms. The summed E-state index contributed by atoms with van der Waals surface area (Å²) in [5.41, 5.74) is 6.70. The molecule has 5 aromatic rings. The summed E-state index contributed by atoms with van der Waals surface area (Å²) in [5.74, 6) is 2.46. The van der Waals surface area contributed by atoms with E-state index in [9.17, 15) is 0 Å². The van der Waals surface area contributed by atoms with E-state index >= 15 is 0 Å². The van der Waals surface area contributed by atoms with Gasteiger partial charge in [0.2, 0.25) is 0 Å². The Kier molecular flexibility index (Phi) is 8.45. The molecule has 0 spiro atoms. The standard InChI is InChI=1S/C44H45N5O.Pt/c1-29-20-21-46-39(24-29)48-22-12-16-31-18-19-32(26-37(31)48)50-33-25-36(45-8)34-17-13-23-49(38(34)27-33)42-41(44(5,6)7)40(43(2,3)4)35(28-47-42)30-14-10-9-11-15-30;/h9-11,14-15,18-21,24-25,28H,12-13,16-17,22-23H2,1-7H3;/q-2;+2/i9D,10D,11D,14D,15D;. The van der Waals surface area contributed by atoms with Crippen LogP contribution >= 0.6 is 0 Å². The van der Waals surface area contributed by atoms with E-state index in [-0.39, 0.29) is 50.8 Å². The zero-order chi connectivity index (χ0) is 39.6. The Labute approximate surface area is 325 Å². The molecule has 262 valence electrons. The van der Waals surface area contributed by atoms with Gasteiger partial charge in [-0.1, -0.05) is 96.0 Å². The smallest absolute Gasteiger partial charge is 0.510 e. The molecule has 51 heavy (non-hydrogen) atoms. The monoisotopic (exact) mass is 859 g/mol. The summed E-state index contributed by atoms with van der Waals surface area (Å²) < 4.78 is 49.3. The average Bonchev–Trinajstić information content (AvgIpc) is 3.14. The third-order valence-corrected chi connectivity index (χ3v) is 9.36. The first-order valence-corrected chi connectivity index (χ1v) is 17.3. The van der Waals surface area contributed by atoms with Crippen LogP contribution in [-0.2, 0) is 44.7 Å². The van der Waals surface area contributed by atoms with Crippen LogP contribution in [0, 0.1) is 25.6 Å². The molecule has 4 heterocycles. The molecule has 0 radical (unpaired) electrons. The molecular weight excluding hydrogens is 810 g/mol. The van der Waals surface area contributed by atoms with Crippen molar-refractivity contribution in [1.29, 1.82) is 0 Å². The van der Waals surface area contributed by atoms with Crippen LogP contribution < -0.4 is 14.5 Å². The predicted molar refractivity (Wildman–Crippen MR) is 204 cm³/mol. The molecule has 0 N–H and O–H groups in total. The molecule has 2 aliphatic heterocycles. The van der Waals surface area contributed by atoms with Crippen LogP contribution in [0.2, 0.25) is 0 Å². The van der Waals surface area contributed by atoms with Gasteiger partial charge in [0.1, 0.15) is 11.6 Å². The van der Waals surface area contributed by atoms with E-state index in [1.54, 1.807) is 12.3 Å². The first-order chi connectivity index (χ1) is 26.0.